The third kappa shape index (κ3) is 5.31. The van der Waals surface area contributed by atoms with Crippen molar-refractivity contribution >= 4 is 17.6 Å². The molecule has 0 aliphatic rings. The zero-order chi connectivity index (χ0) is 21.7. The summed E-state index contributed by atoms with van der Waals surface area (Å²) in [6, 6.07) is 4.60. The minimum Gasteiger partial charge on any atom is -0.353 e. The first-order chi connectivity index (χ1) is 13.6. The minimum atomic E-state index is -0.279. The van der Waals surface area contributed by atoms with Crippen molar-refractivity contribution in [1.82, 2.24) is 20.0 Å². The molecule has 156 valence electrons. The molecule has 1 N–H and O–H groups in total. The number of nitrogens with zero attached hydrogens (tertiary/aromatic N) is 4. The summed E-state index contributed by atoms with van der Waals surface area (Å²) >= 11 is 0. The number of aryl methyl sites for hydroxylation is 2. The Morgan fingerprint density at radius 1 is 1.41 bits per heavy atom. The molecule has 6 nitrogen and oxygen atoms in total. The van der Waals surface area contributed by atoms with Crippen LogP contribution in [-0.2, 0) is 7.05 Å². The Labute approximate surface area is 172 Å². The van der Waals surface area contributed by atoms with E-state index >= 15 is 0 Å². The molecule has 0 aliphatic carbocycles. The van der Waals surface area contributed by atoms with E-state index in [2.05, 4.69) is 22.0 Å². The Morgan fingerprint density at radius 2 is 2.10 bits per heavy atom. The highest BCUT2D eigenvalue weighted by molar-refractivity contribution is 6.01. The maximum Gasteiger partial charge on any atom is 0.256 e. The van der Waals surface area contributed by atoms with Gasteiger partial charge in [0.25, 0.3) is 5.91 Å². The summed E-state index contributed by atoms with van der Waals surface area (Å²) in [5.41, 5.74) is 2.25. The summed E-state index contributed by atoms with van der Waals surface area (Å²) in [6.45, 7) is 12.4. The molecule has 1 heterocycles. The van der Waals surface area contributed by atoms with Crippen LogP contribution in [0, 0.1) is 18.7 Å². The number of amides is 1. The minimum absolute atomic E-state index is 0.145. The third-order valence-corrected chi connectivity index (χ3v) is 4.86. The van der Waals surface area contributed by atoms with Gasteiger partial charge in [0.15, 0.2) is 5.82 Å². The first-order valence-corrected chi connectivity index (χ1v) is 9.65. The fourth-order valence-electron chi connectivity index (χ4n) is 2.96. The van der Waals surface area contributed by atoms with Crippen molar-refractivity contribution in [3.8, 4) is 0 Å². The van der Waals surface area contributed by atoms with Crippen molar-refractivity contribution in [2.45, 2.75) is 33.7 Å². The number of halogens is 1. The molecule has 0 unspecified atom stereocenters. The molecule has 0 saturated carbocycles. The van der Waals surface area contributed by atoms with Crippen LogP contribution in [0.3, 0.4) is 0 Å². The lowest BCUT2D eigenvalue weighted by molar-refractivity contribution is 0.0949. The van der Waals surface area contributed by atoms with Gasteiger partial charge in [-0.25, -0.2) is 9.38 Å². The number of benzene rings is 1. The molecule has 1 aromatic carbocycles. The number of nitrogens with one attached hydrogen (secondary N) is 1. The normalized spacial score (nSPS) is 12.8. The van der Waals surface area contributed by atoms with Crippen LogP contribution >= 0.6 is 0 Å². The predicted molar refractivity (Wildman–Crippen MR) is 115 cm³/mol. The van der Waals surface area contributed by atoms with Crippen LogP contribution in [0.2, 0.25) is 0 Å². The van der Waals surface area contributed by atoms with E-state index in [-0.39, 0.29) is 17.8 Å². The van der Waals surface area contributed by atoms with E-state index in [1.165, 1.54) is 18.3 Å². The fourth-order valence-corrected chi connectivity index (χ4v) is 2.96. The van der Waals surface area contributed by atoms with E-state index in [0.29, 0.717) is 29.7 Å². The van der Waals surface area contributed by atoms with E-state index in [1.54, 1.807) is 23.9 Å². The van der Waals surface area contributed by atoms with Crippen LogP contribution in [-0.4, -0.2) is 40.0 Å². The van der Waals surface area contributed by atoms with Crippen LogP contribution < -0.4 is 5.32 Å². The number of likely N-dealkylation sites (N-methyl/N-ethyl adjacent to an activating group) is 1. The van der Waals surface area contributed by atoms with Gasteiger partial charge in [-0.3, -0.25) is 9.48 Å². The Kier molecular flexibility index (Phi) is 7.31. The number of aromatic nitrogens is 2. The van der Waals surface area contributed by atoms with Gasteiger partial charge in [0.2, 0.25) is 0 Å². The molecule has 2 aromatic rings. The maximum absolute atomic E-state index is 13.8. The molecule has 0 fully saturated rings. The standard InChI is InChI=1S/C22H30FN5O/c1-8-20(27(6)16(5)18-11-17(23)10-9-15(18)4)26-21-19(13-25-28(21)7)22(29)24-12-14(2)3/h8-11,13-14,16H,1,12H2,2-7H3,(H,24,29)/b26-20+/t16-/m1/s1. The quantitative estimate of drug-likeness (QED) is 0.562. The van der Waals surface area contributed by atoms with Gasteiger partial charge in [-0.2, -0.15) is 5.10 Å². The topological polar surface area (TPSA) is 62.5 Å². The number of carbonyl (C=O) groups is 1. The van der Waals surface area contributed by atoms with Crippen molar-refractivity contribution in [3.05, 3.63) is 59.6 Å². The van der Waals surface area contributed by atoms with Gasteiger partial charge in [0, 0.05) is 20.6 Å². The van der Waals surface area contributed by atoms with Gasteiger partial charge in [0.05, 0.1) is 12.2 Å². The first kappa shape index (κ1) is 22.3. The van der Waals surface area contributed by atoms with Gasteiger partial charge >= 0.3 is 0 Å². The van der Waals surface area contributed by atoms with Crippen LogP contribution in [0.4, 0.5) is 10.2 Å². The summed E-state index contributed by atoms with van der Waals surface area (Å²) < 4.78 is 15.3. The van der Waals surface area contributed by atoms with E-state index in [0.717, 1.165) is 11.1 Å². The maximum atomic E-state index is 13.8. The lowest BCUT2D eigenvalue weighted by Gasteiger charge is -2.28. The van der Waals surface area contributed by atoms with Crippen molar-refractivity contribution in [3.63, 3.8) is 0 Å². The third-order valence-electron chi connectivity index (χ3n) is 4.86. The van der Waals surface area contributed by atoms with Crippen molar-refractivity contribution in [1.29, 1.82) is 0 Å². The summed E-state index contributed by atoms with van der Waals surface area (Å²) in [5.74, 6) is 0.843. The Hall–Kier alpha value is -2.96. The average molecular weight is 400 g/mol. The largest absolute Gasteiger partial charge is 0.353 e. The number of hydrogen-bond acceptors (Lipinski definition) is 3. The highest BCUT2D eigenvalue weighted by Gasteiger charge is 2.20. The highest BCUT2D eigenvalue weighted by Crippen LogP contribution is 2.26. The molecule has 7 heteroatoms. The number of rotatable bonds is 7. The Bertz CT molecular complexity index is 916. The summed E-state index contributed by atoms with van der Waals surface area (Å²) in [7, 11) is 3.60. The van der Waals surface area contributed by atoms with Gasteiger partial charge in [-0.05, 0) is 49.1 Å². The Morgan fingerprint density at radius 3 is 2.72 bits per heavy atom. The zero-order valence-corrected chi connectivity index (χ0v) is 18.0. The predicted octanol–water partition coefficient (Wildman–Crippen LogP) is 4.16. The fraction of sp³-hybridized carbons (Fsp3) is 0.409. The van der Waals surface area contributed by atoms with Crippen molar-refractivity contribution in [2.24, 2.45) is 18.0 Å². The molecular weight excluding hydrogens is 369 g/mol. The smallest absolute Gasteiger partial charge is 0.256 e. The second kappa shape index (κ2) is 9.49. The molecule has 0 saturated heterocycles. The van der Waals surface area contributed by atoms with Gasteiger partial charge < -0.3 is 10.2 Å². The Balaban J connectivity index is 2.36. The van der Waals surface area contributed by atoms with E-state index in [1.807, 2.05) is 39.6 Å². The number of amidine groups is 1. The molecule has 2 rings (SSSR count). The second-order valence-corrected chi connectivity index (χ2v) is 7.57. The summed E-state index contributed by atoms with van der Waals surface area (Å²) in [4.78, 5) is 19.1. The van der Waals surface area contributed by atoms with Gasteiger partial charge in [-0.1, -0.05) is 26.5 Å². The lowest BCUT2D eigenvalue weighted by atomic mass is 10.0. The molecule has 1 amide bonds. The molecule has 0 aliphatic heterocycles. The van der Waals surface area contributed by atoms with E-state index in [4.69, 9.17) is 0 Å². The highest BCUT2D eigenvalue weighted by atomic mass is 19.1. The number of carbonyl (C=O) groups excluding carboxylic acids is 1. The summed E-state index contributed by atoms with van der Waals surface area (Å²) in [6.07, 6.45) is 3.13. The zero-order valence-electron chi connectivity index (χ0n) is 18.0. The van der Waals surface area contributed by atoms with Crippen LogP contribution in [0.15, 0.2) is 42.0 Å². The molecule has 0 radical (unpaired) electrons. The van der Waals surface area contributed by atoms with Crippen molar-refractivity contribution < 1.29 is 9.18 Å². The average Bonchev–Trinajstić information content (AvgIpc) is 3.05. The van der Waals surface area contributed by atoms with Crippen molar-refractivity contribution in [2.75, 3.05) is 13.6 Å². The molecule has 29 heavy (non-hydrogen) atoms. The molecule has 0 spiro atoms. The van der Waals surface area contributed by atoms with Crippen LogP contribution in [0.1, 0.15) is 48.3 Å². The van der Waals surface area contributed by atoms with Crippen LogP contribution in [0.25, 0.3) is 0 Å². The summed E-state index contributed by atoms with van der Waals surface area (Å²) in [5, 5.41) is 7.08. The molecular formula is C22H30FN5O. The van der Waals surface area contributed by atoms with Gasteiger partial charge in [-0.15, -0.1) is 0 Å². The molecule has 0 bridgehead atoms. The monoisotopic (exact) mass is 399 g/mol. The number of aliphatic imine (C=N–C) groups is 1. The molecule has 1 atom stereocenters. The lowest BCUT2D eigenvalue weighted by Crippen LogP contribution is -2.29. The second-order valence-electron chi connectivity index (χ2n) is 7.57. The van der Waals surface area contributed by atoms with Gasteiger partial charge in [0.1, 0.15) is 17.2 Å². The molecule has 1 aromatic heterocycles. The first-order valence-electron chi connectivity index (χ1n) is 9.65. The van der Waals surface area contributed by atoms with E-state index in [9.17, 15) is 9.18 Å². The van der Waals surface area contributed by atoms with Crippen LogP contribution in [0.5, 0.6) is 0 Å². The SMILES string of the molecule is C=C/C(=N\c1c(C(=O)NCC(C)C)cnn1C)N(C)[C@H](C)c1cc(F)ccc1C. The number of hydrogen-bond donors (Lipinski definition) is 1. The van der Waals surface area contributed by atoms with E-state index < -0.39 is 0 Å².